The molecular weight excluding hydrogens is 618 g/mol. The summed E-state index contributed by atoms with van der Waals surface area (Å²) in [6.45, 7) is 9.69. The number of carboxylic acid groups (broad SMARTS) is 2. The van der Waals surface area contributed by atoms with Gasteiger partial charge in [0.25, 0.3) is 0 Å². The van der Waals surface area contributed by atoms with Crippen molar-refractivity contribution < 1.29 is 24.5 Å². The van der Waals surface area contributed by atoms with Gasteiger partial charge in [0.2, 0.25) is 0 Å². The molecule has 1 unspecified atom stereocenters. The standard InChI is InChI=1S/C39H49N5O5/c1-5-6-16-36-40-33(27-41(3)28(2)19-20-42-21-23-43(24-22-42)34-14-10-11-15-35(34)49-4)37(39(47)48)44(36)26-29-17-18-31(32(25-29)38(45)46)30-12-8-7-9-13-30/h7-15,17-18,25,28H,5-6,16,19-24,26-27H2,1-4H3,(H,45,46)(H,47,48). The molecule has 0 bridgehead atoms. The number of para-hydroxylation sites is 2. The van der Waals surface area contributed by atoms with E-state index in [0.29, 0.717) is 35.6 Å². The van der Waals surface area contributed by atoms with Gasteiger partial charge >= 0.3 is 11.9 Å². The van der Waals surface area contributed by atoms with Crippen LogP contribution in [-0.2, 0) is 19.5 Å². The fourth-order valence-corrected chi connectivity index (χ4v) is 6.60. The molecular formula is C39H49N5O5. The summed E-state index contributed by atoms with van der Waals surface area (Å²) in [5, 5.41) is 20.5. The van der Waals surface area contributed by atoms with Crippen molar-refractivity contribution in [3.8, 4) is 16.9 Å². The second-order valence-corrected chi connectivity index (χ2v) is 12.9. The predicted octanol–water partition coefficient (Wildman–Crippen LogP) is 6.38. The van der Waals surface area contributed by atoms with E-state index in [4.69, 9.17) is 9.72 Å². The van der Waals surface area contributed by atoms with Gasteiger partial charge < -0.3 is 24.4 Å². The zero-order valence-electron chi connectivity index (χ0n) is 29.1. The van der Waals surface area contributed by atoms with E-state index in [2.05, 4.69) is 34.6 Å². The van der Waals surface area contributed by atoms with Crippen LogP contribution in [-0.4, -0.2) is 94.4 Å². The van der Waals surface area contributed by atoms with E-state index in [0.717, 1.165) is 69.0 Å². The molecule has 1 saturated heterocycles. The number of unbranched alkanes of at least 4 members (excludes halogenated alkanes) is 1. The number of hydrogen-bond acceptors (Lipinski definition) is 7. The lowest BCUT2D eigenvalue weighted by Crippen LogP contribution is -2.47. The number of anilines is 1. The summed E-state index contributed by atoms with van der Waals surface area (Å²) in [6.07, 6.45) is 3.41. The van der Waals surface area contributed by atoms with E-state index >= 15 is 0 Å². The minimum atomic E-state index is -1.03. The van der Waals surface area contributed by atoms with Crippen molar-refractivity contribution in [1.82, 2.24) is 19.4 Å². The molecule has 10 heteroatoms. The van der Waals surface area contributed by atoms with Crippen LogP contribution in [0.3, 0.4) is 0 Å². The maximum absolute atomic E-state index is 12.8. The molecule has 2 heterocycles. The van der Waals surface area contributed by atoms with Crippen LogP contribution in [0, 0.1) is 0 Å². The van der Waals surface area contributed by atoms with Gasteiger partial charge in [-0.05, 0) is 68.2 Å². The summed E-state index contributed by atoms with van der Waals surface area (Å²) in [6, 6.07) is 23.1. The first kappa shape index (κ1) is 35.6. The number of piperazine rings is 1. The van der Waals surface area contributed by atoms with Crippen molar-refractivity contribution >= 4 is 17.6 Å². The zero-order chi connectivity index (χ0) is 34.9. The van der Waals surface area contributed by atoms with E-state index in [9.17, 15) is 19.8 Å². The summed E-state index contributed by atoms with van der Waals surface area (Å²) < 4.78 is 7.34. The summed E-state index contributed by atoms with van der Waals surface area (Å²) in [5.74, 6) is -0.436. The van der Waals surface area contributed by atoms with Gasteiger partial charge in [-0.15, -0.1) is 0 Å². The quantitative estimate of drug-likeness (QED) is 0.141. The molecule has 260 valence electrons. The van der Waals surface area contributed by atoms with Crippen LogP contribution < -0.4 is 9.64 Å². The summed E-state index contributed by atoms with van der Waals surface area (Å²) in [7, 11) is 3.74. The highest BCUT2D eigenvalue weighted by Gasteiger charge is 2.26. The Morgan fingerprint density at radius 1 is 0.959 bits per heavy atom. The molecule has 1 aliphatic rings. The fourth-order valence-electron chi connectivity index (χ4n) is 6.60. The third kappa shape index (κ3) is 8.68. The molecule has 0 spiro atoms. The molecule has 1 fully saturated rings. The Bertz CT molecular complexity index is 1710. The molecule has 0 aliphatic carbocycles. The average molecular weight is 668 g/mol. The van der Waals surface area contributed by atoms with Crippen molar-refractivity contribution in [2.75, 3.05) is 51.8 Å². The molecule has 0 saturated carbocycles. The number of hydrogen-bond donors (Lipinski definition) is 2. The molecule has 1 aromatic heterocycles. The summed E-state index contributed by atoms with van der Waals surface area (Å²) in [5.41, 5.74) is 4.19. The number of rotatable bonds is 16. The van der Waals surface area contributed by atoms with Crippen LogP contribution >= 0.6 is 0 Å². The van der Waals surface area contributed by atoms with Gasteiger partial charge in [0, 0.05) is 51.7 Å². The van der Waals surface area contributed by atoms with E-state index in [1.807, 2.05) is 67.7 Å². The molecule has 5 rings (SSSR count). The van der Waals surface area contributed by atoms with E-state index < -0.39 is 11.9 Å². The Morgan fingerprint density at radius 2 is 1.67 bits per heavy atom. The molecule has 0 radical (unpaired) electrons. The second kappa shape index (κ2) is 16.6. The van der Waals surface area contributed by atoms with E-state index in [-0.39, 0.29) is 23.8 Å². The maximum Gasteiger partial charge on any atom is 0.354 e. The van der Waals surface area contributed by atoms with Crippen LogP contribution in [0.15, 0.2) is 72.8 Å². The topological polar surface area (TPSA) is 111 Å². The van der Waals surface area contributed by atoms with Gasteiger partial charge in [0.05, 0.1) is 24.1 Å². The molecule has 10 nitrogen and oxygen atoms in total. The zero-order valence-corrected chi connectivity index (χ0v) is 29.1. The summed E-state index contributed by atoms with van der Waals surface area (Å²) in [4.78, 5) is 37.1. The Balaban J connectivity index is 1.28. The van der Waals surface area contributed by atoms with E-state index in [1.54, 1.807) is 17.7 Å². The van der Waals surface area contributed by atoms with Gasteiger partial charge in [-0.2, -0.15) is 0 Å². The molecule has 4 aromatic rings. The average Bonchev–Trinajstić information content (AvgIpc) is 3.46. The Hall–Kier alpha value is -4.67. The number of aromatic nitrogens is 2. The third-order valence-electron chi connectivity index (χ3n) is 9.63. The highest BCUT2D eigenvalue weighted by atomic mass is 16.5. The monoisotopic (exact) mass is 667 g/mol. The van der Waals surface area contributed by atoms with Crippen LogP contribution in [0.4, 0.5) is 5.69 Å². The molecule has 0 amide bonds. The minimum absolute atomic E-state index is 0.168. The highest BCUT2D eigenvalue weighted by Crippen LogP contribution is 2.29. The largest absolute Gasteiger partial charge is 0.495 e. The van der Waals surface area contributed by atoms with E-state index in [1.165, 1.54) is 0 Å². The lowest BCUT2D eigenvalue weighted by atomic mass is 9.97. The lowest BCUT2D eigenvalue weighted by molar-refractivity contribution is 0.0675. The number of imidazole rings is 1. The Labute approximate surface area is 289 Å². The molecule has 2 N–H and O–H groups in total. The second-order valence-electron chi connectivity index (χ2n) is 12.9. The molecule has 3 aromatic carbocycles. The number of nitrogens with zero attached hydrogens (tertiary/aromatic N) is 5. The summed E-state index contributed by atoms with van der Waals surface area (Å²) >= 11 is 0. The van der Waals surface area contributed by atoms with Gasteiger partial charge in [0.15, 0.2) is 5.69 Å². The number of aromatic carboxylic acids is 2. The van der Waals surface area contributed by atoms with Crippen LogP contribution in [0.2, 0.25) is 0 Å². The first-order valence-corrected chi connectivity index (χ1v) is 17.2. The Kier molecular flexibility index (Phi) is 12.1. The van der Waals surface area contributed by atoms with Crippen LogP contribution in [0.5, 0.6) is 5.75 Å². The van der Waals surface area contributed by atoms with Crippen molar-refractivity contribution in [1.29, 1.82) is 0 Å². The first-order valence-electron chi connectivity index (χ1n) is 17.2. The number of carbonyl (C=O) groups is 2. The predicted molar refractivity (Wildman–Crippen MR) is 193 cm³/mol. The first-order chi connectivity index (χ1) is 23.7. The van der Waals surface area contributed by atoms with Crippen molar-refractivity contribution in [2.24, 2.45) is 0 Å². The van der Waals surface area contributed by atoms with Gasteiger partial charge in [-0.3, -0.25) is 9.80 Å². The minimum Gasteiger partial charge on any atom is -0.495 e. The van der Waals surface area contributed by atoms with Crippen LogP contribution in [0.25, 0.3) is 11.1 Å². The van der Waals surface area contributed by atoms with Crippen LogP contribution in [0.1, 0.15) is 71.0 Å². The normalized spacial score (nSPS) is 14.3. The van der Waals surface area contributed by atoms with Gasteiger partial charge in [-0.25, -0.2) is 14.6 Å². The Morgan fingerprint density at radius 3 is 2.35 bits per heavy atom. The number of aryl methyl sites for hydroxylation is 1. The van der Waals surface area contributed by atoms with Crippen molar-refractivity contribution in [2.45, 2.75) is 58.7 Å². The molecule has 1 atom stereocenters. The van der Waals surface area contributed by atoms with Gasteiger partial charge in [-0.1, -0.05) is 67.9 Å². The third-order valence-corrected chi connectivity index (χ3v) is 9.63. The van der Waals surface area contributed by atoms with Crippen molar-refractivity contribution in [3.05, 3.63) is 101 Å². The maximum atomic E-state index is 12.8. The van der Waals surface area contributed by atoms with Gasteiger partial charge in [0.1, 0.15) is 11.6 Å². The molecule has 49 heavy (non-hydrogen) atoms. The number of methoxy groups -OCH3 is 1. The smallest absolute Gasteiger partial charge is 0.354 e. The number of ether oxygens (including phenoxy) is 1. The number of benzene rings is 3. The highest BCUT2D eigenvalue weighted by molar-refractivity contribution is 5.96. The number of carboxylic acids is 2. The van der Waals surface area contributed by atoms with Crippen molar-refractivity contribution in [3.63, 3.8) is 0 Å². The SMILES string of the molecule is CCCCc1nc(CN(C)C(C)CCN2CCN(c3ccccc3OC)CC2)c(C(=O)O)n1Cc1ccc(-c2ccccc2)c(C(=O)O)c1. The lowest BCUT2D eigenvalue weighted by Gasteiger charge is -2.37. The molecule has 1 aliphatic heterocycles. The fraction of sp³-hybridized carbons (Fsp3) is 0.410.